The number of aromatic nitrogens is 3. The second-order valence-corrected chi connectivity index (χ2v) is 12.7. The van der Waals surface area contributed by atoms with Gasteiger partial charge in [0.1, 0.15) is 11.2 Å². The standard InChI is InChI=1S/C47H27N5O/c48-28-30-10-7-16-36(24-30)38-26-40(37-17-8-11-31(25-37)29-49)44-41(27-38)43-39(18-9-19-42(43)53-44)32-20-22-35(23-21-32)47-51-45(33-12-3-1-4-13-33)50-46(52-47)34-14-5-2-6-15-34/h1-27H. The number of fused-ring (bicyclic) bond motifs is 3. The first-order valence-electron chi connectivity index (χ1n) is 17.1. The van der Waals surface area contributed by atoms with E-state index in [4.69, 9.17) is 19.4 Å². The number of nitriles is 2. The fraction of sp³-hybridized carbons (Fsp3) is 0. The van der Waals surface area contributed by atoms with Crippen LogP contribution in [0.15, 0.2) is 168 Å². The molecular weight excluding hydrogens is 651 g/mol. The first kappa shape index (κ1) is 31.3. The topological polar surface area (TPSA) is 99.4 Å². The summed E-state index contributed by atoms with van der Waals surface area (Å²) in [4.78, 5) is 14.7. The molecule has 53 heavy (non-hydrogen) atoms. The third-order valence-corrected chi connectivity index (χ3v) is 9.38. The normalized spacial score (nSPS) is 11.0. The van der Waals surface area contributed by atoms with Crippen LogP contribution in [0, 0.1) is 22.7 Å². The van der Waals surface area contributed by atoms with Crippen LogP contribution in [0.2, 0.25) is 0 Å². The molecule has 246 valence electrons. The molecule has 0 fully saturated rings. The predicted octanol–water partition coefficient (Wildman–Crippen LogP) is 11.5. The van der Waals surface area contributed by atoms with E-state index < -0.39 is 0 Å². The van der Waals surface area contributed by atoms with E-state index in [9.17, 15) is 10.5 Å². The highest BCUT2D eigenvalue weighted by Gasteiger charge is 2.19. The summed E-state index contributed by atoms with van der Waals surface area (Å²) in [6.45, 7) is 0. The minimum absolute atomic E-state index is 0.564. The van der Waals surface area contributed by atoms with Gasteiger partial charge in [-0.15, -0.1) is 0 Å². The van der Waals surface area contributed by atoms with Gasteiger partial charge in [-0.3, -0.25) is 0 Å². The molecule has 9 aromatic rings. The van der Waals surface area contributed by atoms with Gasteiger partial charge in [0.05, 0.1) is 23.3 Å². The van der Waals surface area contributed by atoms with Gasteiger partial charge in [-0.25, -0.2) is 15.0 Å². The van der Waals surface area contributed by atoms with Crippen LogP contribution in [0.3, 0.4) is 0 Å². The maximum absolute atomic E-state index is 9.70. The van der Waals surface area contributed by atoms with Gasteiger partial charge in [-0.2, -0.15) is 10.5 Å². The van der Waals surface area contributed by atoms with Crippen molar-refractivity contribution < 1.29 is 4.42 Å². The highest BCUT2D eigenvalue weighted by molar-refractivity contribution is 6.16. The van der Waals surface area contributed by atoms with Crippen molar-refractivity contribution in [3.05, 3.63) is 175 Å². The smallest absolute Gasteiger partial charge is 0.164 e. The predicted molar refractivity (Wildman–Crippen MR) is 209 cm³/mol. The van der Waals surface area contributed by atoms with Gasteiger partial charge in [0.2, 0.25) is 0 Å². The van der Waals surface area contributed by atoms with Crippen LogP contribution >= 0.6 is 0 Å². The molecule has 0 aliphatic heterocycles. The Kier molecular flexibility index (Phi) is 7.82. The van der Waals surface area contributed by atoms with E-state index in [0.29, 0.717) is 28.6 Å². The van der Waals surface area contributed by atoms with Crippen LogP contribution in [-0.4, -0.2) is 15.0 Å². The number of nitrogens with zero attached hydrogens (tertiary/aromatic N) is 5. The summed E-state index contributed by atoms with van der Waals surface area (Å²) in [5.74, 6) is 1.81. The first-order valence-corrected chi connectivity index (χ1v) is 17.1. The second kappa shape index (κ2) is 13.2. The van der Waals surface area contributed by atoms with Crippen LogP contribution in [0.25, 0.3) is 89.5 Å². The third-order valence-electron chi connectivity index (χ3n) is 9.38. The maximum Gasteiger partial charge on any atom is 0.164 e. The summed E-state index contributed by atoms with van der Waals surface area (Å²) in [5, 5.41) is 21.3. The van der Waals surface area contributed by atoms with E-state index in [1.165, 1.54) is 0 Å². The minimum atomic E-state index is 0.564. The molecule has 0 saturated carbocycles. The lowest BCUT2D eigenvalue weighted by Crippen LogP contribution is -2.00. The van der Waals surface area contributed by atoms with Crippen molar-refractivity contribution in [2.45, 2.75) is 0 Å². The lowest BCUT2D eigenvalue weighted by atomic mass is 9.92. The van der Waals surface area contributed by atoms with E-state index in [2.05, 4.69) is 42.5 Å². The molecule has 9 rings (SSSR count). The van der Waals surface area contributed by atoms with Crippen molar-refractivity contribution in [2.24, 2.45) is 0 Å². The molecule has 2 aromatic heterocycles. The third kappa shape index (κ3) is 5.87. The van der Waals surface area contributed by atoms with Crippen molar-refractivity contribution in [1.82, 2.24) is 15.0 Å². The SMILES string of the molecule is N#Cc1cccc(-c2cc(-c3cccc(C#N)c3)c3oc4cccc(-c5ccc(-c6nc(-c7ccccc7)nc(-c7ccccc7)n6)cc5)c4c3c2)c1. The fourth-order valence-electron chi connectivity index (χ4n) is 6.81. The van der Waals surface area contributed by atoms with Gasteiger partial charge in [0, 0.05) is 33.0 Å². The summed E-state index contributed by atoms with van der Waals surface area (Å²) < 4.78 is 6.65. The second-order valence-electron chi connectivity index (χ2n) is 12.7. The van der Waals surface area contributed by atoms with E-state index in [-0.39, 0.29) is 0 Å². The van der Waals surface area contributed by atoms with Gasteiger partial charge in [-0.1, -0.05) is 121 Å². The zero-order valence-electron chi connectivity index (χ0n) is 28.2. The first-order chi connectivity index (χ1) is 26.1. The summed E-state index contributed by atoms with van der Waals surface area (Å²) in [7, 11) is 0. The zero-order valence-corrected chi connectivity index (χ0v) is 28.2. The van der Waals surface area contributed by atoms with Crippen LogP contribution < -0.4 is 0 Å². The largest absolute Gasteiger partial charge is 0.455 e. The molecular formula is C47H27N5O. The Morgan fingerprint density at radius 1 is 0.396 bits per heavy atom. The highest BCUT2D eigenvalue weighted by Crippen LogP contribution is 2.43. The average molecular weight is 678 g/mol. The van der Waals surface area contributed by atoms with E-state index >= 15 is 0 Å². The van der Waals surface area contributed by atoms with Gasteiger partial charge < -0.3 is 4.42 Å². The Morgan fingerprint density at radius 2 is 0.906 bits per heavy atom. The summed E-state index contributed by atoms with van der Waals surface area (Å²) in [6, 6.07) is 58.2. The van der Waals surface area contributed by atoms with Crippen LogP contribution in [-0.2, 0) is 0 Å². The van der Waals surface area contributed by atoms with Gasteiger partial charge >= 0.3 is 0 Å². The fourth-order valence-corrected chi connectivity index (χ4v) is 6.81. The lowest BCUT2D eigenvalue weighted by molar-refractivity contribution is 0.670. The van der Waals surface area contributed by atoms with Crippen molar-refractivity contribution in [3.8, 4) is 79.7 Å². The molecule has 6 heteroatoms. The van der Waals surface area contributed by atoms with Crippen molar-refractivity contribution in [1.29, 1.82) is 10.5 Å². The van der Waals surface area contributed by atoms with Crippen molar-refractivity contribution in [2.75, 3.05) is 0 Å². The minimum Gasteiger partial charge on any atom is -0.455 e. The Bertz CT molecular complexity index is 2840. The van der Waals surface area contributed by atoms with Crippen LogP contribution in [0.5, 0.6) is 0 Å². The molecule has 0 aliphatic carbocycles. The molecule has 7 aromatic carbocycles. The molecule has 0 aliphatic rings. The Balaban J connectivity index is 1.20. The van der Waals surface area contributed by atoms with Crippen molar-refractivity contribution in [3.63, 3.8) is 0 Å². The molecule has 0 spiro atoms. The van der Waals surface area contributed by atoms with Gasteiger partial charge in [0.25, 0.3) is 0 Å². The van der Waals surface area contributed by atoms with Crippen molar-refractivity contribution >= 4 is 21.9 Å². The maximum atomic E-state index is 9.70. The Labute approximate surface area is 305 Å². The highest BCUT2D eigenvalue weighted by atomic mass is 16.3. The molecule has 0 bridgehead atoms. The average Bonchev–Trinajstić information content (AvgIpc) is 3.63. The molecule has 0 radical (unpaired) electrons. The number of hydrogen-bond donors (Lipinski definition) is 0. The van der Waals surface area contributed by atoms with E-state index in [1.54, 1.807) is 12.1 Å². The number of furan rings is 1. The summed E-state index contributed by atoms with van der Waals surface area (Å²) in [6.07, 6.45) is 0. The van der Waals surface area contributed by atoms with E-state index in [1.807, 2.05) is 121 Å². The van der Waals surface area contributed by atoms with Gasteiger partial charge in [-0.05, 0) is 70.3 Å². The summed E-state index contributed by atoms with van der Waals surface area (Å²) in [5.41, 5.74) is 11.0. The van der Waals surface area contributed by atoms with Crippen LogP contribution in [0.1, 0.15) is 11.1 Å². The monoisotopic (exact) mass is 677 g/mol. The number of hydrogen-bond acceptors (Lipinski definition) is 6. The molecule has 0 atom stereocenters. The van der Waals surface area contributed by atoms with Gasteiger partial charge in [0.15, 0.2) is 17.5 Å². The Hall–Kier alpha value is -7.67. The molecule has 0 unspecified atom stereocenters. The molecule has 0 N–H and O–H groups in total. The quantitative estimate of drug-likeness (QED) is 0.174. The lowest BCUT2D eigenvalue weighted by Gasteiger charge is -2.10. The van der Waals surface area contributed by atoms with E-state index in [0.717, 1.165) is 72.0 Å². The zero-order chi connectivity index (χ0) is 35.7. The molecule has 0 saturated heterocycles. The summed E-state index contributed by atoms with van der Waals surface area (Å²) >= 11 is 0. The van der Waals surface area contributed by atoms with Crippen LogP contribution in [0.4, 0.5) is 0 Å². The number of rotatable bonds is 6. The number of benzene rings is 7. The molecule has 0 amide bonds. The Morgan fingerprint density at radius 3 is 1.51 bits per heavy atom. The molecule has 2 heterocycles. The molecule has 6 nitrogen and oxygen atoms in total.